The highest BCUT2D eigenvalue weighted by molar-refractivity contribution is 6.00. The van der Waals surface area contributed by atoms with Crippen LogP contribution in [0.3, 0.4) is 0 Å². The van der Waals surface area contributed by atoms with Crippen molar-refractivity contribution in [3.8, 4) is 0 Å². The van der Waals surface area contributed by atoms with Crippen LogP contribution in [0, 0.1) is 0 Å². The van der Waals surface area contributed by atoms with Gasteiger partial charge in [0.25, 0.3) is 0 Å². The molecule has 27 heavy (non-hydrogen) atoms. The Balaban J connectivity index is 1.60. The number of unbranched alkanes of at least 4 members (excludes halogenated alkanes) is 1. The number of carbonyl (C=O) groups is 2. The van der Waals surface area contributed by atoms with Gasteiger partial charge in [0.2, 0.25) is 11.8 Å². The third-order valence-corrected chi connectivity index (χ3v) is 6.00. The van der Waals surface area contributed by atoms with E-state index < -0.39 is 0 Å². The third kappa shape index (κ3) is 4.34. The van der Waals surface area contributed by atoms with Gasteiger partial charge >= 0.3 is 0 Å². The summed E-state index contributed by atoms with van der Waals surface area (Å²) in [6.45, 7) is 11.3. The molecule has 0 radical (unpaired) electrons. The lowest BCUT2D eigenvalue weighted by atomic mass is 9.87. The quantitative estimate of drug-likeness (QED) is 0.713. The fourth-order valence-electron chi connectivity index (χ4n) is 4.36. The highest BCUT2D eigenvalue weighted by Gasteiger charge is 2.43. The second kappa shape index (κ2) is 8.42. The van der Waals surface area contributed by atoms with E-state index in [0.29, 0.717) is 12.8 Å². The first-order chi connectivity index (χ1) is 13.0. The van der Waals surface area contributed by atoms with Crippen LogP contribution in [-0.4, -0.2) is 48.4 Å². The highest BCUT2D eigenvalue weighted by Crippen LogP contribution is 2.34. The third-order valence-electron chi connectivity index (χ3n) is 6.00. The maximum absolute atomic E-state index is 12.1. The summed E-state index contributed by atoms with van der Waals surface area (Å²) in [7, 11) is 0. The van der Waals surface area contributed by atoms with Crippen LogP contribution in [0.4, 0.5) is 5.69 Å². The van der Waals surface area contributed by atoms with Gasteiger partial charge in [0, 0.05) is 25.2 Å². The molecule has 1 aromatic rings. The summed E-state index contributed by atoms with van der Waals surface area (Å²) in [5.74, 6) is -0.526. The van der Waals surface area contributed by atoms with Crippen molar-refractivity contribution in [2.24, 2.45) is 0 Å². The van der Waals surface area contributed by atoms with Crippen LogP contribution < -0.4 is 10.2 Å². The molecule has 0 spiro atoms. The molecule has 1 atom stereocenters. The number of piperidine rings is 1. The Morgan fingerprint density at radius 1 is 1.11 bits per heavy atom. The highest BCUT2D eigenvalue weighted by atomic mass is 16.2. The Morgan fingerprint density at radius 2 is 1.81 bits per heavy atom. The summed E-state index contributed by atoms with van der Waals surface area (Å²) in [4.78, 5) is 28.5. The number of imide groups is 1. The van der Waals surface area contributed by atoms with Crippen LogP contribution in [0.2, 0.25) is 0 Å². The maximum atomic E-state index is 12.1. The molecule has 0 aliphatic carbocycles. The van der Waals surface area contributed by atoms with Crippen molar-refractivity contribution >= 4 is 17.5 Å². The second-order valence-corrected chi connectivity index (χ2v) is 8.29. The largest absolute Gasteiger partial charge is 0.368 e. The smallest absolute Gasteiger partial charge is 0.234 e. The molecule has 3 rings (SSSR count). The lowest BCUT2D eigenvalue weighted by Crippen LogP contribution is -2.69. The Labute approximate surface area is 163 Å². The molecule has 2 aliphatic heterocycles. The predicted octanol–water partition coefficient (Wildman–Crippen LogP) is 3.30. The van der Waals surface area contributed by atoms with Gasteiger partial charge in [-0.3, -0.25) is 19.8 Å². The topological polar surface area (TPSA) is 52.6 Å². The maximum Gasteiger partial charge on any atom is 0.234 e. The van der Waals surface area contributed by atoms with Crippen molar-refractivity contribution in [1.29, 1.82) is 0 Å². The van der Waals surface area contributed by atoms with E-state index in [0.717, 1.165) is 18.7 Å². The summed E-state index contributed by atoms with van der Waals surface area (Å²) >= 11 is 0. The molecule has 1 aromatic carbocycles. The van der Waals surface area contributed by atoms with Crippen LogP contribution in [0.5, 0.6) is 0 Å². The van der Waals surface area contributed by atoms with E-state index in [1.807, 2.05) is 12.1 Å². The Bertz CT molecular complexity index is 665. The lowest BCUT2D eigenvalue weighted by molar-refractivity contribution is -0.134. The van der Waals surface area contributed by atoms with E-state index in [4.69, 9.17) is 0 Å². The minimum Gasteiger partial charge on any atom is -0.368 e. The average Bonchev–Trinajstić information content (AvgIpc) is 2.63. The zero-order chi connectivity index (χ0) is 19.4. The average molecular weight is 372 g/mol. The number of nitrogens with one attached hydrogen (secondary N) is 1. The number of anilines is 1. The van der Waals surface area contributed by atoms with E-state index in [-0.39, 0.29) is 23.3 Å². The molecule has 5 heteroatoms. The van der Waals surface area contributed by atoms with E-state index in [1.165, 1.54) is 38.0 Å². The van der Waals surface area contributed by atoms with Gasteiger partial charge in [-0.2, -0.15) is 0 Å². The van der Waals surface area contributed by atoms with Gasteiger partial charge in [-0.25, -0.2) is 0 Å². The molecule has 148 valence electrons. The minimum atomic E-state index is -0.201. The Morgan fingerprint density at radius 3 is 2.41 bits per heavy atom. The van der Waals surface area contributed by atoms with Gasteiger partial charge in [-0.1, -0.05) is 32.4 Å². The number of hydrogen-bond donors (Lipinski definition) is 1. The lowest BCUT2D eigenvalue weighted by Gasteiger charge is -2.55. The monoisotopic (exact) mass is 371 g/mol. The van der Waals surface area contributed by atoms with Crippen molar-refractivity contribution in [1.82, 2.24) is 10.2 Å². The summed E-state index contributed by atoms with van der Waals surface area (Å²) in [6.07, 6.45) is 4.72. The normalized spacial score (nSPS) is 21.9. The van der Waals surface area contributed by atoms with Gasteiger partial charge in [-0.15, -0.1) is 0 Å². The molecule has 2 saturated heterocycles. The molecular weight excluding hydrogens is 338 g/mol. The molecule has 0 aromatic heterocycles. The van der Waals surface area contributed by atoms with Gasteiger partial charge in [0.15, 0.2) is 0 Å². The van der Waals surface area contributed by atoms with Crippen molar-refractivity contribution in [2.45, 2.75) is 64.3 Å². The van der Waals surface area contributed by atoms with Crippen molar-refractivity contribution < 1.29 is 9.59 Å². The molecule has 1 unspecified atom stereocenters. The Kier molecular flexibility index (Phi) is 6.20. The molecule has 1 N–H and O–H groups in total. The number of hydrogen-bond acceptors (Lipinski definition) is 4. The molecular formula is C22H33N3O2. The number of benzene rings is 1. The summed E-state index contributed by atoms with van der Waals surface area (Å²) in [5.41, 5.74) is 2.48. The Hall–Kier alpha value is -1.88. The van der Waals surface area contributed by atoms with Crippen LogP contribution in [0.1, 0.15) is 64.4 Å². The van der Waals surface area contributed by atoms with E-state index in [1.54, 1.807) is 0 Å². The number of nitrogens with zero attached hydrogens (tertiary/aromatic N) is 2. The molecule has 0 bridgehead atoms. The van der Waals surface area contributed by atoms with Gasteiger partial charge in [0.05, 0.1) is 11.5 Å². The first-order valence-corrected chi connectivity index (χ1v) is 10.4. The number of amides is 2. The SMILES string of the molecule is CCCCN(CCC)C1(C)CN(c2ccc(C3CCC(=O)NC3=O)cc2)C1. The van der Waals surface area contributed by atoms with Crippen LogP contribution in [-0.2, 0) is 9.59 Å². The molecule has 2 heterocycles. The van der Waals surface area contributed by atoms with Crippen molar-refractivity contribution in [2.75, 3.05) is 31.1 Å². The van der Waals surface area contributed by atoms with Crippen LogP contribution in [0.15, 0.2) is 24.3 Å². The van der Waals surface area contributed by atoms with Gasteiger partial charge < -0.3 is 4.90 Å². The predicted molar refractivity (Wildman–Crippen MR) is 109 cm³/mol. The first-order valence-electron chi connectivity index (χ1n) is 10.4. The van der Waals surface area contributed by atoms with E-state index in [9.17, 15) is 9.59 Å². The fraction of sp³-hybridized carbons (Fsp3) is 0.636. The summed E-state index contributed by atoms with van der Waals surface area (Å²) in [5, 5.41) is 2.45. The molecule has 0 saturated carbocycles. The van der Waals surface area contributed by atoms with E-state index in [2.05, 4.69) is 48.0 Å². The second-order valence-electron chi connectivity index (χ2n) is 8.29. The first kappa shape index (κ1) is 19.9. The molecule has 5 nitrogen and oxygen atoms in total. The standard InChI is InChI=1S/C22H33N3O2/c1-4-6-14-25(13-5-2)22(3)15-24(16-22)18-9-7-17(8-10-18)19-11-12-20(26)23-21(19)27/h7-10,19H,4-6,11-16H2,1-3H3,(H,23,26,27). The molecule has 2 amide bonds. The summed E-state index contributed by atoms with van der Waals surface area (Å²) in [6, 6.07) is 8.33. The van der Waals surface area contributed by atoms with Crippen LogP contribution >= 0.6 is 0 Å². The minimum absolute atomic E-state index is 0.160. The van der Waals surface area contributed by atoms with E-state index >= 15 is 0 Å². The summed E-state index contributed by atoms with van der Waals surface area (Å²) < 4.78 is 0. The fourth-order valence-corrected chi connectivity index (χ4v) is 4.36. The van der Waals surface area contributed by atoms with Crippen molar-refractivity contribution in [3.63, 3.8) is 0 Å². The van der Waals surface area contributed by atoms with Gasteiger partial charge in [0.1, 0.15) is 0 Å². The molecule has 2 aliphatic rings. The van der Waals surface area contributed by atoms with Gasteiger partial charge in [-0.05, 0) is 57.0 Å². The number of rotatable bonds is 8. The zero-order valence-electron chi connectivity index (χ0n) is 17.0. The zero-order valence-corrected chi connectivity index (χ0v) is 17.0. The number of carbonyl (C=O) groups excluding carboxylic acids is 2. The van der Waals surface area contributed by atoms with Crippen LogP contribution in [0.25, 0.3) is 0 Å². The van der Waals surface area contributed by atoms with Crippen molar-refractivity contribution in [3.05, 3.63) is 29.8 Å². The molecule has 2 fully saturated rings.